The van der Waals surface area contributed by atoms with Gasteiger partial charge in [0, 0.05) is 6.04 Å². The molecular weight excluding hydrogens is 198 g/mol. The topological polar surface area (TPSA) is 20.3 Å². The highest BCUT2D eigenvalue weighted by molar-refractivity contribution is 5.85. The molecule has 0 aromatic rings. The van der Waals surface area contributed by atoms with Gasteiger partial charge in [0.05, 0.1) is 12.0 Å². The van der Waals surface area contributed by atoms with Gasteiger partial charge >= 0.3 is 0 Å². The van der Waals surface area contributed by atoms with Gasteiger partial charge in [-0.05, 0) is 25.7 Å². The van der Waals surface area contributed by atoms with Gasteiger partial charge in [-0.15, -0.1) is 0 Å². The maximum absolute atomic E-state index is 11.9. The number of hydrogen-bond acceptors (Lipinski definition) is 1. The number of nitrogens with zero attached hydrogens (tertiary/aromatic N) is 1. The summed E-state index contributed by atoms with van der Waals surface area (Å²) in [6.45, 7) is 0. The molecule has 0 aromatic carbocycles. The highest BCUT2D eigenvalue weighted by Crippen LogP contribution is 2.47. The van der Waals surface area contributed by atoms with Crippen molar-refractivity contribution in [2.45, 2.75) is 82.2 Å². The largest absolute Gasteiger partial charge is 0.333 e. The second kappa shape index (κ2) is 4.05. The third kappa shape index (κ3) is 1.57. The molecule has 0 N–H and O–H groups in total. The highest BCUT2D eigenvalue weighted by Gasteiger charge is 2.53. The molecule has 2 aliphatic carbocycles. The Balaban J connectivity index is 1.73. The Morgan fingerprint density at radius 2 is 1.56 bits per heavy atom. The normalized spacial score (nSPS) is 30.5. The molecule has 0 aromatic heterocycles. The van der Waals surface area contributed by atoms with E-state index in [0.717, 1.165) is 6.42 Å². The zero-order valence-corrected chi connectivity index (χ0v) is 10.2. The minimum atomic E-state index is 0.331. The molecule has 3 fully saturated rings. The fourth-order valence-electron chi connectivity index (χ4n) is 4.18. The molecule has 3 rings (SSSR count). The van der Waals surface area contributed by atoms with E-state index in [0.29, 0.717) is 17.5 Å². The van der Waals surface area contributed by atoms with Crippen molar-refractivity contribution in [1.82, 2.24) is 4.90 Å². The van der Waals surface area contributed by atoms with Gasteiger partial charge in [0.2, 0.25) is 5.91 Å². The van der Waals surface area contributed by atoms with Crippen LogP contribution in [0.15, 0.2) is 0 Å². The zero-order chi connectivity index (χ0) is 11.0. The Kier molecular flexibility index (Phi) is 2.68. The highest BCUT2D eigenvalue weighted by atomic mass is 16.2. The summed E-state index contributed by atoms with van der Waals surface area (Å²) >= 11 is 0. The van der Waals surface area contributed by atoms with Gasteiger partial charge < -0.3 is 4.90 Å². The van der Waals surface area contributed by atoms with Crippen molar-refractivity contribution in [1.29, 1.82) is 0 Å². The van der Waals surface area contributed by atoms with Gasteiger partial charge in [-0.2, -0.15) is 0 Å². The first-order valence-corrected chi connectivity index (χ1v) is 7.14. The van der Waals surface area contributed by atoms with Crippen molar-refractivity contribution in [3.63, 3.8) is 0 Å². The summed E-state index contributed by atoms with van der Waals surface area (Å²) in [7, 11) is 0. The standard InChI is InChI=1S/C14H23NO/c16-13-11-14(9-5-2-6-10-14)15(13)12-7-3-1-4-8-12/h12H,1-11H2. The van der Waals surface area contributed by atoms with E-state index in [4.69, 9.17) is 0 Å². The van der Waals surface area contributed by atoms with Crippen LogP contribution in [0.4, 0.5) is 0 Å². The molecule has 1 aliphatic heterocycles. The van der Waals surface area contributed by atoms with Gasteiger partial charge in [0.15, 0.2) is 0 Å². The summed E-state index contributed by atoms with van der Waals surface area (Å²) in [4.78, 5) is 14.3. The van der Waals surface area contributed by atoms with Crippen LogP contribution >= 0.6 is 0 Å². The number of hydrogen-bond donors (Lipinski definition) is 0. The van der Waals surface area contributed by atoms with E-state index in [1.807, 2.05) is 0 Å². The molecule has 2 heteroatoms. The van der Waals surface area contributed by atoms with E-state index in [1.54, 1.807) is 0 Å². The van der Waals surface area contributed by atoms with Gasteiger partial charge in [-0.25, -0.2) is 0 Å². The minimum Gasteiger partial charge on any atom is -0.333 e. The van der Waals surface area contributed by atoms with E-state index in [9.17, 15) is 4.79 Å². The van der Waals surface area contributed by atoms with Gasteiger partial charge in [0.1, 0.15) is 0 Å². The Morgan fingerprint density at radius 1 is 0.938 bits per heavy atom. The average Bonchev–Trinajstić information content (AvgIpc) is 2.31. The molecule has 2 saturated carbocycles. The number of β-lactam (4-membered cyclic amide) rings is 1. The van der Waals surface area contributed by atoms with Crippen LogP contribution in [-0.2, 0) is 4.79 Å². The molecule has 2 nitrogen and oxygen atoms in total. The molecule has 90 valence electrons. The van der Waals surface area contributed by atoms with E-state index in [-0.39, 0.29) is 0 Å². The lowest BCUT2D eigenvalue weighted by molar-refractivity contribution is -0.168. The van der Waals surface area contributed by atoms with Crippen LogP contribution < -0.4 is 0 Å². The average molecular weight is 221 g/mol. The third-order valence-electron chi connectivity index (χ3n) is 4.98. The van der Waals surface area contributed by atoms with Crippen molar-refractivity contribution in [3.8, 4) is 0 Å². The quantitative estimate of drug-likeness (QED) is 0.622. The number of likely N-dealkylation sites (tertiary alicyclic amines) is 1. The summed E-state index contributed by atoms with van der Waals surface area (Å²) in [5, 5.41) is 0. The van der Waals surface area contributed by atoms with Crippen molar-refractivity contribution in [2.75, 3.05) is 0 Å². The van der Waals surface area contributed by atoms with Crippen molar-refractivity contribution < 1.29 is 4.79 Å². The fourth-order valence-corrected chi connectivity index (χ4v) is 4.18. The second-order valence-electron chi connectivity index (χ2n) is 6.02. The lowest BCUT2D eigenvalue weighted by Gasteiger charge is -2.58. The Hall–Kier alpha value is -0.530. The number of amides is 1. The fraction of sp³-hybridized carbons (Fsp3) is 0.929. The number of carbonyl (C=O) groups excluding carboxylic acids is 1. The lowest BCUT2D eigenvalue weighted by atomic mass is 9.70. The van der Waals surface area contributed by atoms with Crippen LogP contribution in [0.1, 0.15) is 70.6 Å². The molecule has 3 aliphatic rings. The van der Waals surface area contributed by atoms with Gasteiger partial charge in [0.25, 0.3) is 0 Å². The van der Waals surface area contributed by atoms with Crippen LogP contribution in [-0.4, -0.2) is 22.4 Å². The number of carbonyl (C=O) groups is 1. The van der Waals surface area contributed by atoms with E-state index < -0.39 is 0 Å². The third-order valence-corrected chi connectivity index (χ3v) is 4.98. The maximum atomic E-state index is 11.9. The zero-order valence-electron chi connectivity index (χ0n) is 10.2. The summed E-state index contributed by atoms with van der Waals surface area (Å²) < 4.78 is 0. The first-order chi connectivity index (χ1) is 7.82. The molecule has 1 saturated heterocycles. The van der Waals surface area contributed by atoms with E-state index >= 15 is 0 Å². The predicted molar refractivity (Wildman–Crippen MR) is 64.2 cm³/mol. The maximum Gasteiger partial charge on any atom is 0.225 e. The molecule has 0 radical (unpaired) electrons. The molecule has 0 bridgehead atoms. The predicted octanol–water partition coefficient (Wildman–Crippen LogP) is 3.25. The molecular formula is C14H23NO. The van der Waals surface area contributed by atoms with Crippen molar-refractivity contribution >= 4 is 5.91 Å². The first kappa shape index (κ1) is 10.6. The molecule has 0 atom stereocenters. The summed E-state index contributed by atoms with van der Waals surface area (Å²) in [5.41, 5.74) is 0.331. The van der Waals surface area contributed by atoms with Crippen molar-refractivity contribution in [3.05, 3.63) is 0 Å². The smallest absolute Gasteiger partial charge is 0.225 e. The van der Waals surface area contributed by atoms with Crippen LogP contribution in [0.5, 0.6) is 0 Å². The Morgan fingerprint density at radius 3 is 2.19 bits per heavy atom. The lowest BCUT2D eigenvalue weighted by Crippen LogP contribution is -2.67. The molecule has 1 amide bonds. The second-order valence-corrected chi connectivity index (χ2v) is 6.02. The Labute approximate surface area is 98.4 Å². The minimum absolute atomic E-state index is 0.331. The van der Waals surface area contributed by atoms with Gasteiger partial charge in [-0.1, -0.05) is 38.5 Å². The SMILES string of the molecule is O=C1CC2(CCCCC2)N1C1CCCCC1. The molecule has 16 heavy (non-hydrogen) atoms. The Bertz CT molecular complexity index is 274. The molecule has 1 heterocycles. The molecule has 0 unspecified atom stereocenters. The van der Waals surface area contributed by atoms with Crippen LogP contribution in [0.2, 0.25) is 0 Å². The van der Waals surface area contributed by atoms with Crippen LogP contribution in [0.25, 0.3) is 0 Å². The van der Waals surface area contributed by atoms with Crippen molar-refractivity contribution in [2.24, 2.45) is 0 Å². The number of rotatable bonds is 1. The molecule has 1 spiro atoms. The first-order valence-electron chi connectivity index (χ1n) is 7.14. The monoisotopic (exact) mass is 221 g/mol. The summed E-state index contributed by atoms with van der Waals surface area (Å²) in [5.74, 6) is 0.453. The van der Waals surface area contributed by atoms with E-state index in [2.05, 4.69) is 4.90 Å². The van der Waals surface area contributed by atoms with Gasteiger partial charge in [-0.3, -0.25) is 4.79 Å². The summed E-state index contributed by atoms with van der Waals surface area (Å²) in [6.07, 6.45) is 14.1. The van der Waals surface area contributed by atoms with Crippen LogP contribution in [0, 0.1) is 0 Å². The van der Waals surface area contributed by atoms with E-state index in [1.165, 1.54) is 64.2 Å². The summed E-state index contributed by atoms with van der Waals surface area (Å²) in [6, 6.07) is 0.605. The van der Waals surface area contributed by atoms with Crippen LogP contribution in [0.3, 0.4) is 0 Å².